The molecule has 0 spiro atoms. The molecule has 0 saturated heterocycles. The topological polar surface area (TPSA) is 140 Å². The van der Waals surface area contributed by atoms with Gasteiger partial charge in [-0.25, -0.2) is 4.98 Å². The lowest BCUT2D eigenvalue weighted by atomic mass is 9.87. The summed E-state index contributed by atoms with van der Waals surface area (Å²) in [6.07, 6.45) is 7.11. The van der Waals surface area contributed by atoms with Crippen LogP contribution in [0.15, 0.2) is 12.1 Å². The van der Waals surface area contributed by atoms with E-state index in [0.717, 1.165) is 38.5 Å². The van der Waals surface area contributed by atoms with Crippen LogP contribution in [0.2, 0.25) is 0 Å². The van der Waals surface area contributed by atoms with Crippen LogP contribution in [-0.4, -0.2) is 63.5 Å². The molecule has 198 valence electrons. The number of hydrogen-bond donors (Lipinski definition) is 2. The minimum Gasteiger partial charge on any atom is -0.489 e. The van der Waals surface area contributed by atoms with Gasteiger partial charge < -0.3 is 9.84 Å². The maximum absolute atomic E-state index is 12.8. The SMILES string of the molecule is Cc1nc(-c2nnn(C)c2CNS(=O)(=O)N(C)CC2CCCC2)ccc1O[C@H]1CCC[C@H](C(=O)O)C1. The molecule has 2 aromatic heterocycles. The molecule has 11 nitrogen and oxygen atoms in total. The molecular formula is C24H36N6O5S. The fourth-order valence-corrected chi connectivity index (χ4v) is 6.11. The van der Waals surface area contributed by atoms with Crippen LogP contribution in [0.1, 0.15) is 62.8 Å². The van der Waals surface area contributed by atoms with Gasteiger partial charge >= 0.3 is 5.97 Å². The zero-order valence-corrected chi connectivity index (χ0v) is 22.0. The van der Waals surface area contributed by atoms with Crippen LogP contribution in [0, 0.1) is 18.8 Å². The summed E-state index contributed by atoms with van der Waals surface area (Å²) in [7, 11) is -0.324. The van der Waals surface area contributed by atoms with Gasteiger partial charge in [0, 0.05) is 20.6 Å². The molecule has 36 heavy (non-hydrogen) atoms. The molecule has 2 heterocycles. The molecule has 0 amide bonds. The average molecular weight is 521 g/mol. The Hall–Kier alpha value is -2.57. The Bertz CT molecular complexity index is 1180. The van der Waals surface area contributed by atoms with Crippen molar-refractivity contribution in [2.75, 3.05) is 13.6 Å². The number of rotatable bonds is 10. The number of hydrogen-bond acceptors (Lipinski definition) is 7. The number of nitrogens with one attached hydrogen (secondary N) is 1. The monoisotopic (exact) mass is 520 g/mol. The van der Waals surface area contributed by atoms with Crippen molar-refractivity contribution in [1.82, 2.24) is 29.0 Å². The van der Waals surface area contributed by atoms with Crippen molar-refractivity contribution in [1.29, 1.82) is 0 Å². The van der Waals surface area contributed by atoms with Gasteiger partial charge in [0.05, 0.1) is 35.6 Å². The molecule has 12 heteroatoms. The molecule has 2 N–H and O–H groups in total. The van der Waals surface area contributed by atoms with Crippen LogP contribution in [0.3, 0.4) is 0 Å². The van der Waals surface area contributed by atoms with Crippen molar-refractivity contribution in [3.05, 3.63) is 23.5 Å². The van der Waals surface area contributed by atoms with E-state index in [4.69, 9.17) is 4.74 Å². The zero-order valence-electron chi connectivity index (χ0n) is 21.2. The highest BCUT2D eigenvalue weighted by molar-refractivity contribution is 7.87. The van der Waals surface area contributed by atoms with Gasteiger partial charge in [-0.1, -0.05) is 18.1 Å². The van der Waals surface area contributed by atoms with Gasteiger partial charge in [-0.2, -0.15) is 17.4 Å². The summed E-state index contributed by atoms with van der Waals surface area (Å²) in [5, 5.41) is 17.6. The second-order valence-corrected chi connectivity index (χ2v) is 11.8. The first kappa shape index (κ1) is 26.5. The Morgan fingerprint density at radius 1 is 1.22 bits per heavy atom. The van der Waals surface area contributed by atoms with E-state index in [0.29, 0.717) is 53.8 Å². The lowest BCUT2D eigenvalue weighted by Crippen LogP contribution is -2.40. The van der Waals surface area contributed by atoms with Crippen molar-refractivity contribution in [3.63, 3.8) is 0 Å². The average Bonchev–Trinajstić information content (AvgIpc) is 3.48. The summed E-state index contributed by atoms with van der Waals surface area (Å²) in [6.45, 7) is 2.38. The highest BCUT2D eigenvalue weighted by Crippen LogP contribution is 2.30. The normalized spacial score (nSPS) is 21.2. The molecule has 0 aliphatic heterocycles. The summed E-state index contributed by atoms with van der Waals surface area (Å²) in [5.74, 6) is -0.130. The predicted molar refractivity (Wildman–Crippen MR) is 133 cm³/mol. The van der Waals surface area contributed by atoms with Crippen molar-refractivity contribution in [2.45, 2.75) is 70.9 Å². The largest absolute Gasteiger partial charge is 0.489 e. The van der Waals surface area contributed by atoms with Gasteiger partial charge in [-0.05, 0) is 63.5 Å². The second-order valence-electron chi connectivity index (χ2n) is 9.99. The molecule has 0 aromatic carbocycles. The van der Waals surface area contributed by atoms with Gasteiger partial charge in [-0.15, -0.1) is 5.10 Å². The third-order valence-electron chi connectivity index (χ3n) is 7.31. The molecule has 0 unspecified atom stereocenters. The van der Waals surface area contributed by atoms with E-state index in [1.54, 1.807) is 30.9 Å². The number of carboxylic acid groups (broad SMARTS) is 1. The summed E-state index contributed by atoms with van der Waals surface area (Å²) in [5.41, 5.74) is 2.31. The Balaban J connectivity index is 1.43. The van der Waals surface area contributed by atoms with Crippen molar-refractivity contribution in [2.24, 2.45) is 18.9 Å². The second kappa shape index (κ2) is 11.2. The summed E-state index contributed by atoms with van der Waals surface area (Å²) < 4.78 is 37.4. The number of aliphatic carboxylic acids is 1. The molecule has 2 fully saturated rings. The number of aryl methyl sites for hydroxylation is 2. The van der Waals surface area contributed by atoms with Crippen LogP contribution in [-0.2, 0) is 28.6 Å². The molecular weight excluding hydrogens is 484 g/mol. The molecule has 2 aliphatic carbocycles. The number of ether oxygens (including phenoxy) is 1. The molecule has 2 aliphatic rings. The smallest absolute Gasteiger partial charge is 0.306 e. The first-order chi connectivity index (χ1) is 17.1. The first-order valence-corrected chi connectivity index (χ1v) is 14.0. The lowest BCUT2D eigenvalue weighted by Gasteiger charge is -2.27. The number of carboxylic acids is 1. The molecule has 2 aromatic rings. The van der Waals surface area contributed by atoms with Crippen LogP contribution in [0.25, 0.3) is 11.4 Å². The number of nitrogens with zero attached hydrogens (tertiary/aromatic N) is 5. The fourth-order valence-electron chi connectivity index (χ4n) is 5.16. The Kier molecular flexibility index (Phi) is 8.26. The highest BCUT2D eigenvalue weighted by atomic mass is 32.2. The fraction of sp³-hybridized carbons (Fsp3) is 0.667. The third kappa shape index (κ3) is 6.22. The molecule has 0 bridgehead atoms. The quantitative estimate of drug-likeness (QED) is 0.487. The maximum atomic E-state index is 12.8. The lowest BCUT2D eigenvalue weighted by molar-refractivity contribution is -0.143. The van der Waals surface area contributed by atoms with Crippen LogP contribution < -0.4 is 9.46 Å². The van der Waals surface area contributed by atoms with Gasteiger partial charge in [0.1, 0.15) is 11.4 Å². The van der Waals surface area contributed by atoms with Crippen molar-refractivity contribution < 1.29 is 23.1 Å². The number of aromatic nitrogens is 4. The minimum atomic E-state index is -3.65. The van der Waals surface area contributed by atoms with E-state index in [9.17, 15) is 18.3 Å². The summed E-state index contributed by atoms with van der Waals surface area (Å²) >= 11 is 0. The zero-order chi connectivity index (χ0) is 25.9. The Morgan fingerprint density at radius 2 is 1.97 bits per heavy atom. The van der Waals surface area contributed by atoms with Crippen LogP contribution in [0.5, 0.6) is 5.75 Å². The standard InChI is InChI=1S/C24H36N6O5S/c1-16-22(35-19-10-6-9-18(13-19)24(31)32)12-11-20(26-16)23-21(30(3)28-27-23)14-25-36(33,34)29(2)15-17-7-4-5-8-17/h11-12,17-19,25H,4-10,13-15H2,1-3H3,(H,31,32)/t18-,19-/m0/s1. The van der Waals surface area contributed by atoms with Crippen molar-refractivity contribution >= 4 is 16.2 Å². The first-order valence-electron chi connectivity index (χ1n) is 12.6. The van der Waals surface area contributed by atoms with Gasteiger partial charge in [0.25, 0.3) is 10.2 Å². The maximum Gasteiger partial charge on any atom is 0.306 e. The van der Waals surface area contributed by atoms with E-state index >= 15 is 0 Å². The molecule has 2 atom stereocenters. The summed E-state index contributed by atoms with van der Waals surface area (Å²) in [6, 6.07) is 3.58. The molecule has 0 radical (unpaired) electrons. The van der Waals surface area contributed by atoms with Gasteiger partial charge in [0.2, 0.25) is 0 Å². The highest BCUT2D eigenvalue weighted by Gasteiger charge is 2.29. The number of carbonyl (C=O) groups is 1. The van der Waals surface area contributed by atoms with E-state index in [2.05, 4.69) is 20.0 Å². The van der Waals surface area contributed by atoms with E-state index in [1.165, 1.54) is 4.31 Å². The van der Waals surface area contributed by atoms with Crippen LogP contribution >= 0.6 is 0 Å². The third-order valence-corrected chi connectivity index (χ3v) is 8.79. The van der Waals surface area contributed by atoms with Crippen molar-refractivity contribution in [3.8, 4) is 17.1 Å². The Morgan fingerprint density at radius 3 is 2.67 bits per heavy atom. The number of pyridine rings is 1. The van der Waals surface area contributed by atoms with Crippen LogP contribution in [0.4, 0.5) is 0 Å². The van der Waals surface area contributed by atoms with E-state index in [-0.39, 0.29) is 18.6 Å². The van der Waals surface area contributed by atoms with Gasteiger partial charge in [0.15, 0.2) is 0 Å². The van der Waals surface area contributed by atoms with E-state index in [1.807, 2.05) is 6.92 Å². The molecule has 4 rings (SSSR count). The van der Waals surface area contributed by atoms with Gasteiger partial charge in [-0.3, -0.25) is 9.48 Å². The Labute approximate surface area is 212 Å². The summed E-state index contributed by atoms with van der Waals surface area (Å²) in [4.78, 5) is 16.0. The predicted octanol–water partition coefficient (Wildman–Crippen LogP) is 2.66. The molecule has 2 saturated carbocycles. The minimum absolute atomic E-state index is 0.0355. The van der Waals surface area contributed by atoms with E-state index < -0.39 is 16.2 Å².